The predicted octanol–water partition coefficient (Wildman–Crippen LogP) is 3.05. The van der Waals surface area contributed by atoms with E-state index in [1.54, 1.807) is 12.1 Å². The van der Waals surface area contributed by atoms with Gasteiger partial charge in [0.1, 0.15) is 12.6 Å². The average molecular weight is 366 g/mol. The largest absolute Gasteiger partial charge is 0.405 e. The Hall–Kier alpha value is -1.28. The fraction of sp³-hybridized carbons (Fsp3) is 0.462. The van der Waals surface area contributed by atoms with Crippen LogP contribution in [0.15, 0.2) is 16.6 Å². The van der Waals surface area contributed by atoms with Gasteiger partial charge in [-0.3, -0.25) is 4.79 Å². The third-order valence-corrected chi connectivity index (χ3v) is 3.82. The second-order valence-corrected chi connectivity index (χ2v) is 5.70. The molecule has 116 valence electrons. The number of alkyl halides is 3. The molecule has 1 aromatic carbocycles. The SMILES string of the molecule is CCNC1C(=O)Nc2cc(N(C)CC(F)(F)F)c(Br)cc21. The number of fused-ring (bicyclic) bond motifs is 1. The van der Waals surface area contributed by atoms with Crippen LogP contribution in [0.4, 0.5) is 24.5 Å². The van der Waals surface area contributed by atoms with Crippen LogP contribution in [0.25, 0.3) is 0 Å². The van der Waals surface area contributed by atoms with Crippen molar-refractivity contribution < 1.29 is 18.0 Å². The Morgan fingerprint density at radius 3 is 2.67 bits per heavy atom. The van der Waals surface area contributed by atoms with Crippen LogP contribution in [0.3, 0.4) is 0 Å². The molecule has 0 aliphatic carbocycles. The monoisotopic (exact) mass is 365 g/mol. The van der Waals surface area contributed by atoms with Crippen LogP contribution >= 0.6 is 15.9 Å². The van der Waals surface area contributed by atoms with Gasteiger partial charge in [0.2, 0.25) is 5.91 Å². The van der Waals surface area contributed by atoms with Gasteiger partial charge < -0.3 is 15.5 Å². The second kappa shape index (κ2) is 5.84. The molecule has 1 heterocycles. The highest BCUT2D eigenvalue weighted by molar-refractivity contribution is 9.10. The molecule has 1 unspecified atom stereocenters. The first-order valence-corrected chi connectivity index (χ1v) is 7.18. The van der Waals surface area contributed by atoms with Gasteiger partial charge in [-0.1, -0.05) is 6.92 Å². The van der Waals surface area contributed by atoms with E-state index in [0.717, 1.165) is 10.5 Å². The van der Waals surface area contributed by atoms with Crippen molar-refractivity contribution in [1.82, 2.24) is 5.32 Å². The average Bonchev–Trinajstić information content (AvgIpc) is 2.63. The fourth-order valence-corrected chi connectivity index (χ4v) is 2.99. The van der Waals surface area contributed by atoms with E-state index in [9.17, 15) is 18.0 Å². The highest BCUT2D eigenvalue weighted by Gasteiger charge is 2.33. The van der Waals surface area contributed by atoms with Crippen molar-refractivity contribution in [3.63, 3.8) is 0 Å². The number of carbonyl (C=O) groups excluding carboxylic acids is 1. The van der Waals surface area contributed by atoms with E-state index in [4.69, 9.17) is 0 Å². The van der Waals surface area contributed by atoms with Gasteiger partial charge in [-0.2, -0.15) is 13.2 Å². The summed E-state index contributed by atoms with van der Waals surface area (Å²) in [6.45, 7) is 1.44. The lowest BCUT2D eigenvalue weighted by atomic mass is 10.1. The molecule has 1 amide bonds. The van der Waals surface area contributed by atoms with E-state index < -0.39 is 18.8 Å². The number of nitrogens with one attached hydrogen (secondary N) is 2. The number of likely N-dealkylation sites (N-methyl/N-ethyl adjacent to an activating group) is 1. The number of amides is 1. The van der Waals surface area contributed by atoms with Crippen LogP contribution in [-0.2, 0) is 4.79 Å². The minimum absolute atomic E-state index is 0.200. The Kier molecular flexibility index (Phi) is 4.48. The maximum atomic E-state index is 12.5. The summed E-state index contributed by atoms with van der Waals surface area (Å²) in [5, 5.41) is 5.73. The number of rotatable bonds is 4. The number of hydrogen-bond donors (Lipinski definition) is 2. The molecule has 21 heavy (non-hydrogen) atoms. The number of halogens is 4. The first kappa shape index (κ1) is 16.1. The Bertz CT molecular complexity index is 562. The van der Waals surface area contributed by atoms with Crippen molar-refractivity contribution in [2.75, 3.05) is 30.4 Å². The van der Waals surface area contributed by atoms with Gasteiger partial charge in [0.05, 0.1) is 5.69 Å². The van der Waals surface area contributed by atoms with Crippen LogP contribution in [0, 0.1) is 0 Å². The Labute approximate surface area is 128 Å². The number of anilines is 2. The summed E-state index contributed by atoms with van der Waals surface area (Å²) < 4.78 is 38.0. The summed E-state index contributed by atoms with van der Waals surface area (Å²) in [7, 11) is 1.36. The molecular weight excluding hydrogens is 351 g/mol. The van der Waals surface area contributed by atoms with Crippen molar-refractivity contribution in [2.45, 2.75) is 19.1 Å². The molecule has 0 spiro atoms. The van der Waals surface area contributed by atoms with Crippen LogP contribution in [-0.4, -0.2) is 32.2 Å². The lowest BCUT2D eigenvalue weighted by Crippen LogP contribution is -2.31. The normalized spacial score (nSPS) is 17.6. The summed E-state index contributed by atoms with van der Waals surface area (Å²) in [6, 6.07) is 2.77. The highest BCUT2D eigenvalue weighted by atomic mass is 79.9. The third-order valence-electron chi connectivity index (χ3n) is 3.19. The van der Waals surface area contributed by atoms with E-state index in [0.29, 0.717) is 22.4 Å². The fourth-order valence-electron chi connectivity index (χ4n) is 2.32. The number of carbonyl (C=O) groups is 1. The van der Waals surface area contributed by atoms with Gasteiger partial charge in [0, 0.05) is 22.8 Å². The maximum Gasteiger partial charge on any atom is 0.405 e. The van der Waals surface area contributed by atoms with Gasteiger partial charge in [-0.25, -0.2) is 0 Å². The second-order valence-electron chi connectivity index (χ2n) is 4.84. The lowest BCUT2D eigenvalue weighted by molar-refractivity contribution is -0.119. The van der Waals surface area contributed by atoms with Gasteiger partial charge in [-0.05, 0) is 34.6 Å². The van der Waals surface area contributed by atoms with Crippen molar-refractivity contribution in [1.29, 1.82) is 0 Å². The molecule has 1 aliphatic heterocycles. The molecule has 0 saturated heterocycles. The smallest absolute Gasteiger partial charge is 0.365 e. The zero-order valence-electron chi connectivity index (χ0n) is 11.5. The van der Waals surface area contributed by atoms with E-state index in [-0.39, 0.29) is 5.91 Å². The van der Waals surface area contributed by atoms with Crippen molar-refractivity contribution in [3.05, 3.63) is 22.2 Å². The number of hydrogen-bond acceptors (Lipinski definition) is 3. The van der Waals surface area contributed by atoms with Crippen LogP contribution in [0.5, 0.6) is 0 Å². The Morgan fingerprint density at radius 2 is 2.10 bits per heavy atom. The quantitative estimate of drug-likeness (QED) is 0.861. The van der Waals surface area contributed by atoms with E-state index in [1.807, 2.05) is 6.92 Å². The first-order chi connectivity index (χ1) is 9.73. The summed E-state index contributed by atoms with van der Waals surface area (Å²) in [4.78, 5) is 13.0. The molecule has 1 aromatic rings. The molecule has 2 N–H and O–H groups in total. The molecule has 4 nitrogen and oxygen atoms in total. The minimum Gasteiger partial charge on any atom is -0.365 e. The zero-order chi connectivity index (χ0) is 15.8. The van der Waals surface area contributed by atoms with E-state index in [1.165, 1.54) is 7.05 Å². The minimum atomic E-state index is -4.29. The van der Waals surface area contributed by atoms with Crippen LogP contribution in [0.1, 0.15) is 18.5 Å². The molecule has 0 saturated carbocycles. The molecule has 1 aliphatic rings. The standard InChI is InChI=1S/C13H15BrF3N3O/c1-3-18-11-7-4-8(14)10(5-9(7)19-12(11)21)20(2)6-13(15,16)17/h4-5,11,18H,3,6H2,1-2H3,(H,19,21). The molecule has 0 fully saturated rings. The zero-order valence-corrected chi connectivity index (χ0v) is 13.1. The predicted molar refractivity (Wildman–Crippen MR) is 78.5 cm³/mol. The van der Waals surface area contributed by atoms with Crippen molar-refractivity contribution >= 4 is 33.2 Å². The molecule has 0 bridgehead atoms. The van der Waals surface area contributed by atoms with E-state index >= 15 is 0 Å². The van der Waals surface area contributed by atoms with Crippen LogP contribution in [0.2, 0.25) is 0 Å². The molecule has 2 rings (SSSR count). The maximum absolute atomic E-state index is 12.5. The molecule has 8 heteroatoms. The van der Waals surface area contributed by atoms with Gasteiger partial charge >= 0.3 is 6.18 Å². The Morgan fingerprint density at radius 1 is 1.43 bits per heavy atom. The number of nitrogens with zero attached hydrogens (tertiary/aromatic N) is 1. The Balaban J connectivity index is 2.33. The summed E-state index contributed by atoms with van der Waals surface area (Å²) in [5.74, 6) is -0.200. The highest BCUT2D eigenvalue weighted by Crippen LogP contribution is 2.39. The molecule has 0 aromatic heterocycles. The van der Waals surface area contributed by atoms with Gasteiger partial charge in [0.25, 0.3) is 0 Å². The molecule has 1 atom stereocenters. The summed E-state index contributed by atoms with van der Waals surface area (Å²) in [6.07, 6.45) is -4.29. The summed E-state index contributed by atoms with van der Waals surface area (Å²) >= 11 is 3.28. The van der Waals surface area contributed by atoms with Crippen molar-refractivity contribution in [3.8, 4) is 0 Å². The van der Waals surface area contributed by atoms with Crippen molar-refractivity contribution in [2.24, 2.45) is 0 Å². The molecule has 0 radical (unpaired) electrons. The third kappa shape index (κ3) is 3.49. The van der Waals surface area contributed by atoms with Gasteiger partial charge in [-0.15, -0.1) is 0 Å². The topological polar surface area (TPSA) is 44.4 Å². The van der Waals surface area contributed by atoms with Crippen LogP contribution < -0.4 is 15.5 Å². The molecular formula is C13H15BrF3N3O. The number of benzene rings is 1. The van der Waals surface area contributed by atoms with Gasteiger partial charge in [0.15, 0.2) is 0 Å². The first-order valence-electron chi connectivity index (χ1n) is 6.38. The van der Waals surface area contributed by atoms with E-state index in [2.05, 4.69) is 26.6 Å². The summed E-state index contributed by atoms with van der Waals surface area (Å²) in [5.41, 5.74) is 1.65. The lowest BCUT2D eigenvalue weighted by Gasteiger charge is -2.23.